The third kappa shape index (κ3) is 4.20. The van der Waals surface area contributed by atoms with Crippen LogP contribution in [-0.2, 0) is 9.53 Å². The zero-order valence-corrected chi connectivity index (χ0v) is 14.1. The second kappa shape index (κ2) is 8.06. The molecule has 1 fully saturated rings. The Balaban J connectivity index is 1.67. The number of carbonyl (C=O) groups excluding carboxylic acids is 1. The Kier molecular flexibility index (Phi) is 5.59. The molecule has 4 nitrogen and oxygen atoms in total. The van der Waals surface area contributed by atoms with E-state index in [9.17, 15) is 4.79 Å². The van der Waals surface area contributed by atoms with E-state index in [1.807, 2.05) is 42.5 Å². The van der Waals surface area contributed by atoms with Crippen LogP contribution in [-0.4, -0.2) is 23.6 Å². The van der Waals surface area contributed by atoms with E-state index in [1.54, 1.807) is 6.20 Å². The Labute approximate surface area is 143 Å². The molecule has 0 saturated carbocycles. The second-order valence-electron chi connectivity index (χ2n) is 6.31. The van der Waals surface area contributed by atoms with Crippen LogP contribution in [0.15, 0.2) is 48.7 Å². The van der Waals surface area contributed by atoms with Crippen LogP contribution in [0.2, 0.25) is 0 Å². The second-order valence-corrected chi connectivity index (χ2v) is 6.31. The number of rotatable bonds is 5. The summed E-state index contributed by atoms with van der Waals surface area (Å²) < 4.78 is 5.69. The maximum Gasteiger partial charge on any atom is 0.225 e. The quantitative estimate of drug-likeness (QED) is 0.893. The lowest BCUT2D eigenvalue weighted by atomic mass is 9.91. The Morgan fingerprint density at radius 3 is 2.88 bits per heavy atom. The first-order valence-electron chi connectivity index (χ1n) is 8.68. The summed E-state index contributed by atoms with van der Waals surface area (Å²) in [6.45, 7) is 2.89. The summed E-state index contributed by atoms with van der Waals surface area (Å²) in [6, 6.07) is 13.9. The topological polar surface area (TPSA) is 51.2 Å². The Morgan fingerprint density at radius 1 is 1.25 bits per heavy atom. The predicted molar refractivity (Wildman–Crippen MR) is 95.7 cm³/mol. The van der Waals surface area contributed by atoms with Crippen molar-refractivity contribution in [1.82, 2.24) is 4.98 Å². The number of benzene rings is 1. The van der Waals surface area contributed by atoms with Crippen LogP contribution in [0.4, 0.5) is 5.82 Å². The van der Waals surface area contributed by atoms with Crippen molar-refractivity contribution in [3.8, 4) is 11.1 Å². The van der Waals surface area contributed by atoms with Gasteiger partial charge in [-0.25, -0.2) is 4.98 Å². The first kappa shape index (κ1) is 16.7. The first-order valence-corrected chi connectivity index (χ1v) is 8.68. The van der Waals surface area contributed by atoms with Gasteiger partial charge in [-0.2, -0.15) is 0 Å². The van der Waals surface area contributed by atoms with E-state index in [4.69, 9.17) is 4.74 Å². The molecule has 1 saturated heterocycles. The van der Waals surface area contributed by atoms with Gasteiger partial charge in [-0.3, -0.25) is 4.79 Å². The Bertz CT molecular complexity index is 672. The van der Waals surface area contributed by atoms with Gasteiger partial charge in [0, 0.05) is 24.8 Å². The molecule has 1 N–H and O–H groups in total. The van der Waals surface area contributed by atoms with E-state index in [0.29, 0.717) is 24.3 Å². The summed E-state index contributed by atoms with van der Waals surface area (Å²) in [4.78, 5) is 16.8. The van der Waals surface area contributed by atoms with Gasteiger partial charge < -0.3 is 10.1 Å². The molecular formula is C20H24N2O2. The summed E-state index contributed by atoms with van der Waals surface area (Å²) in [5.41, 5.74) is 2.00. The van der Waals surface area contributed by atoms with Crippen molar-refractivity contribution in [3.63, 3.8) is 0 Å². The Morgan fingerprint density at radius 2 is 2.08 bits per heavy atom. The highest BCUT2D eigenvalue weighted by Gasteiger charge is 2.23. The normalized spacial score (nSPS) is 20.5. The number of carbonyl (C=O) groups is 1. The summed E-state index contributed by atoms with van der Waals surface area (Å²) in [7, 11) is 0. The van der Waals surface area contributed by atoms with Crippen LogP contribution in [0.1, 0.15) is 32.6 Å². The summed E-state index contributed by atoms with van der Waals surface area (Å²) in [5.74, 6) is 1.06. The van der Waals surface area contributed by atoms with E-state index < -0.39 is 0 Å². The van der Waals surface area contributed by atoms with Crippen molar-refractivity contribution < 1.29 is 9.53 Å². The number of ether oxygens (including phenoxy) is 1. The minimum Gasteiger partial charge on any atom is -0.378 e. The standard InChI is InChI=1S/C20H24N2O2/c1-2-17-13-15(10-12-24-17)14-19(23)22-20-18(9-6-11-21-20)16-7-4-3-5-8-16/h3-9,11,15,17H,2,10,12-14H2,1H3,(H,21,22,23). The van der Waals surface area contributed by atoms with Crippen molar-refractivity contribution in [2.45, 2.75) is 38.7 Å². The number of hydrogen-bond acceptors (Lipinski definition) is 3. The summed E-state index contributed by atoms with van der Waals surface area (Å²) in [6.07, 6.45) is 5.48. The third-order valence-corrected chi connectivity index (χ3v) is 4.56. The Hall–Kier alpha value is -2.20. The lowest BCUT2D eigenvalue weighted by Crippen LogP contribution is -2.28. The SMILES string of the molecule is CCC1CC(CC(=O)Nc2ncccc2-c2ccccc2)CCO1. The molecule has 1 aliphatic heterocycles. The predicted octanol–water partition coefficient (Wildman–Crippen LogP) is 4.28. The maximum atomic E-state index is 12.5. The van der Waals surface area contributed by atoms with Crippen LogP contribution in [0.25, 0.3) is 11.1 Å². The minimum absolute atomic E-state index is 0.0348. The summed E-state index contributed by atoms with van der Waals surface area (Å²) in [5, 5.41) is 3.00. The van der Waals surface area contributed by atoms with E-state index in [-0.39, 0.29) is 5.91 Å². The number of nitrogens with zero attached hydrogens (tertiary/aromatic N) is 1. The molecule has 1 aliphatic rings. The fraction of sp³-hybridized carbons (Fsp3) is 0.400. The molecule has 24 heavy (non-hydrogen) atoms. The molecule has 0 spiro atoms. The molecule has 0 aliphatic carbocycles. The molecule has 3 rings (SSSR count). The number of aromatic nitrogens is 1. The molecule has 1 amide bonds. The molecule has 1 aromatic carbocycles. The van der Waals surface area contributed by atoms with E-state index >= 15 is 0 Å². The van der Waals surface area contributed by atoms with Crippen molar-refractivity contribution in [1.29, 1.82) is 0 Å². The largest absolute Gasteiger partial charge is 0.378 e. The molecule has 0 radical (unpaired) electrons. The van der Waals surface area contributed by atoms with Crippen molar-refractivity contribution in [3.05, 3.63) is 48.7 Å². The fourth-order valence-corrected chi connectivity index (χ4v) is 3.23. The third-order valence-electron chi connectivity index (χ3n) is 4.56. The molecule has 126 valence electrons. The van der Waals surface area contributed by atoms with Crippen molar-refractivity contribution >= 4 is 11.7 Å². The van der Waals surface area contributed by atoms with Gasteiger partial charge in [0.2, 0.25) is 5.91 Å². The lowest BCUT2D eigenvalue weighted by Gasteiger charge is -2.28. The highest BCUT2D eigenvalue weighted by atomic mass is 16.5. The fourth-order valence-electron chi connectivity index (χ4n) is 3.23. The molecule has 2 atom stereocenters. The van der Waals surface area contributed by atoms with Crippen LogP contribution >= 0.6 is 0 Å². The average Bonchev–Trinajstić information content (AvgIpc) is 2.63. The molecule has 4 heteroatoms. The van der Waals surface area contributed by atoms with E-state index in [2.05, 4.69) is 17.2 Å². The molecule has 2 aromatic rings. The molecule has 0 bridgehead atoms. The van der Waals surface area contributed by atoms with Crippen molar-refractivity contribution in [2.75, 3.05) is 11.9 Å². The van der Waals surface area contributed by atoms with Gasteiger partial charge in [0.15, 0.2) is 0 Å². The van der Waals surface area contributed by atoms with Crippen LogP contribution in [0.3, 0.4) is 0 Å². The number of pyridine rings is 1. The van der Waals surface area contributed by atoms with Gasteiger partial charge in [0.1, 0.15) is 5.82 Å². The lowest BCUT2D eigenvalue weighted by molar-refractivity contribution is -0.118. The zero-order chi connectivity index (χ0) is 16.8. The maximum absolute atomic E-state index is 12.5. The molecule has 2 unspecified atom stereocenters. The van der Waals surface area contributed by atoms with Crippen LogP contribution in [0.5, 0.6) is 0 Å². The summed E-state index contributed by atoms with van der Waals surface area (Å²) >= 11 is 0. The first-order chi connectivity index (χ1) is 11.8. The molecule has 2 heterocycles. The van der Waals surface area contributed by atoms with Gasteiger partial charge in [-0.05, 0) is 42.9 Å². The van der Waals surface area contributed by atoms with Crippen LogP contribution in [0, 0.1) is 5.92 Å². The molecule has 1 aromatic heterocycles. The van der Waals surface area contributed by atoms with E-state index in [1.165, 1.54) is 0 Å². The minimum atomic E-state index is 0.0348. The van der Waals surface area contributed by atoms with E-state index in [0.717, 1.165) is 37.0 Å². The van der Waals surface area contributed by atoms with Gasteiger partial charge in [0.25, 0.3) is 0 Å². The number of nitrogens with one attached hydrogen (secondary N) is 1. The number of amides is 1. The smallest absolute Gasteiger partial charge is 0.225 e. The van der Waals surface area contributed by atoms with Crippen molar-refractivity contribution in [2.24, 2.45) is 5.92 Å². The molecular weight excluding hydrogens is 300 g/mol. The number of anilines is 1. The van der Waals surface area contributed by atoms with Gasteiger partial charge in [-0.15, -0.1) is 0 Å². The highest BCUT2D eigenvalue weighted by molar-refractivity contribution is 5.94. The van der Waals surface area contributed by atoms with Crippen LogP contribution < -0.4 is 5.32 Å². The monoisotopic (exact) mass is 324 g/mol. The van der Waals surface area contributed by atoms with Gasteiger partial charge in [-0.1, -0.05) is 37.3 Å². The zero-order valence-electron chi connectivity index (χ0n) is 14.1. The van der Waals surface area contributed by atoms with Gasteiger partial charge in [0.05, 0.1) is 6.10 Å². The van der Waals surface area contributed by atoms with Gasteiger partial charge >= 0.3 is 0 Å². The average molecular weight is 324 g/mol. The highest BCUT2D eigenvalue weighted by Crippen LogP contribution is 2.28. The number of hydrogen-bond donors (Lipinski definition) is 1.